The van der Waals surface area contributed by atoms with Gasteiger partial charge in [0.05, 0.1) is 5.69 Å². The zero-order chi connectivity index (χ0) is 23.5. The number of thiazole rings is 1. The van der Waals surface area contributed by atoms with Crippen molar-refractivity contribution in [2.24, 2.45) is 17.0 Å². The summed E-state index contributed by atoms with van der Waals surface area (Å²) >= 11 is 1.38. The lowest BCUT2D eigenvalue weighted by molar-refractivity contribution is 0.433. The molecule has 0 saturated carbocycles. The zero-order valence-corrected chi connectivity index (χ0v) is 19.5. The van der Waals surface area contributed by atoms with Crippen LogP contribution in [-0.4, -0.2) is 20.5 Å². The zero-order valence-electron chi connectivity index (χ0n) is 18.7. The van der Waals surface area contributed by atoms with E-state index >= 15 is 0 Å². The minimum absolute atomic E-state index is 0.358. The van der Waals surface area contributed by atoms with Gasteiger partial charge in [-0.15, -0.1) is 0 Å². The highest BCUT2D eigenvalue weighted by Gasteiger charge is 2.18. The molecule has 0 aliphatic heterocycles. The van der Waals surface area contributed by atoms with Gasteiger partial charge in [-0.1, -0.05) is 94.9 Å². The highest BCUT2D eigenvalue weighted by atomic mass is 32.1. The second-order valence-corrected chi connectivity index (χ2v) is 8.67. The molecule has 2 aromatic heterocycles. The quantitative estimate of drug-likeness (QED) is 0.284. The predicted molar refractivity (Wildman–Crippen MR) is 136 cm³/mol. The lowest BCUT2D eigenvalue weighted by Crippen LogP contribution is -2.15. The van der Waals surface area contributed by atoms with Crippen molar-refractivity contribution in [1.29, 1.82) is 0 Å². The van der Waals surface area contributed by atoms with Crippen LogP contribution in [0.1, 0.15) is 11.1 Å². The monoisotopic (exact) mass is 466 g/mol. The van der Waals surface area contributed by atoms with Crippen LogP contribution in [0.25, 0.3) is 22.2 Å². The highest BCUT2D eigenvalue weighted by Crippen LogP contribution is 2.29. The van der Waals surface area contributed by atoms with Crippen molar-refractivity contribution in [2.45, 2.75) is 6.92 Å². The summed E-state index contributed by atoms with van der Waals surface area (Å²) in [6.07, 6.45) is 0. The molecule has 2 heterocycles. The van der Waals surface area contributed by atoms with E-state index in [0.717, 1.165) is 16.8 Å². The number of para-hydroxylation sites is 1. The third-order valence-corrected chi connectivity index (χ3v) is 6.36. The van der Waals surface area contributed by atoms with Gasteiger partial charge in [-0.2, -0.15) is 4.98 Å². The molecule has 0 amide bonds. The van der Waals surface area contributed by atoms with Gasteiger partial charge in [0.15, 0.2) is 10.6 Å². The van der Waals surface area contributed by atoms with Crippen molar-refractivity contribution < 1.29 is 4.52 Å². The van der Waals surface area contributed by atoms with Gasteiger partial charge in [0.2, 0.25) is 5.82 Å². The minimum atomic E-state index is 0.358. The summed E-state index contributed by atoms with van der Waals surface area (Å²) in [5.41, 5.74) is 10.2. The summed E-state index contributed by atoms with van der Waals surface area (Å²) in [4.78, 5) is 15.5. The number of hydrogen-bond acceptors (Lipinski definition) is 6. The number of aliphatic imine (C=N–C) groups is 1. The van der Waals surface area contributed by atoms with Crippen LogP contribution in [0, 0.1) is 6.92 Å². The molecule has 0 saturated heterocycles. The molecule has 7 nitrogen and oxygen atoms in total. The van der Waals surface area contributed by atoms with Gasteiger partial charge >= 0.3 is 0 Å². The first kappa shape index (κ1) is 21.5. The average molecular weight is 467 g/mol. The van der Waals surface area contributed by atoms with Crippen LogP contribution in [0.15, 0.2) is 99.4 Å². The van der Waals surface area contributed by atoms with Crippen LogP contribution in [0.3, 0.4) is 0 Å². The van der Waals surface area contributed by atoms with Gasteiger partial charge in [0, 0.05) is 18.2 Å². The van der Waals surface area contributed by atoms with Gasteiger partial charge in [0.25, 0.3) is 5.89 Å². The Kier molecular flexibility index (Phi) is 5.88. The SMILES string of the molecule is Cc1ccc(-c2noc(-c3sc(=NC(=Nc4ccccc4)c4ccccc4)n(C)c3N)n2)cc1. The molecule has 8 heteroatoms. The minimum Gasteiger partial charge on any atom is -0.384 e. The van der Waals surface area contributed by atoms with Gasteiger partial charge in [0.1, 0.15) is 10.7 Å². The van der Waals surface area contributed by atoms with Crippen LogP contribution in [0.5, 0.6) is 0 Å². The molecule has 0 bridgehead atoms. The number of nitrogen functional groups attached to an aromatic ring is 1. The van der Waals surface area contributed by atoms with Crippen molar-refractivity contribution >= 4 is 28.7 Å². The van der Waals surface area contributed by atoms with E-state index in [2.05, 4.69) is 10.1 Å². The third kappa shape index (κ3) is 4.44. The molecule has 0 aliphatic rings. The number of rotatable bonds is 4. The molecule has 168 valence electrons. The van der Waals surface area contributed by atoms with Crippen molar-refractivity contribution in [3.63, 3.8) is 0 Å². The average Bonchev–Trinajstić information content (AvgIpc) is 3.46. The van der Waals surface area contributed by atoms with Gasteiger partial charge in [-0.05, 0) is 19.1 Å². The first-order valence-corrected chi connectivity index (χ1v) is 11.5. The fourth-order valence-corrected chi connectivity index (χ4v) is 4.27. The molecule has 0 aliphatic carbocycles. The number of benzene rings is 3. The molecule has 0 atom stereocenters. The summed E-state index contributed by atoms with van der Waals surface area (Å²) in [6, 6.07) is 27.6. The van der Waals surface area contributed by atoms with E-state index in [0.29, 0.717) is 33.0 Å². The number of nitrogens with zero attached hydrogens (tertiary/aromatic N) is 5. The number of aromatic nitrogens is 3. The molecular formula is C26H22N6OS. The fraction of sp³-hybridized carbons (Fsp3) is 0.0769. The lowest BCUT2D eigenvalue weighted by Gasteiger charge is -2.02. The number of hydrogen-bond donors (Lipinski definition) is 1. The Labute approximate surface area is 200 Å². The summed E-state index contributed by atoms with van der Waals surface area (Å²) in [5, 5.41) is 4.14. The molecule has 0 radical (unpaired) electrons. The Morgan fingerprint density at radius 3 is 2.32 bits per heavy atom. The van der Waals surface area contributed by atoms with Crippen molar-refractivity contribution in [3.05, 3.63) is 101 Å². The first-order valence-electron chi connectivity index (χ1n) is 10.7. The summed E-state index contributed by atoms with van der Waals surface area (Å²) < 4.78 is 7.36. The van der Waals surface area contributed by atoms with Crippen molar-refractivity contribution in [1.82, 2.24) is 14.7 Å². The number of anilines is 1. The fourth-order valence-electron chi connectivity index (χ4n) is 3.31. The molecule has 5 rings (SSSR count). The molecule has 3 aromatic carbocycles. The van der Waals surface area contributed by atoms with Crippen molar-refractivity contribution in [2.75, 3.05) is 5.73 Å². The van der Waals surface area contributed by atoms with E-state index in [1.807, 2.05) is 98.9 Å². The predicted octanol–water partition coefficient (Wildman–Crippen LogP) is 5.37. The Hall–Kier alpha value is -4.30. The Morgan fingerprint density at radius 2 is 1.62 bits per heavy atom. The summed E-state index contributed by atoms with van der Waals surface area (Å²) in [7, 11) is 1.86. The Balaban J connectivity index is 1.58. The van der Waals surface area contributed by atoms with Crippen LogP contribution < -0.4 is 10.5 Å². The largest absolute Gasteiger partial charge is 0.384 e. The van der Waals surface area contributed by atoms with Gasteiger partial charge in [-0.3, -0.25) is 0 Å². The maximum Gasteiger partial charge on any atom is 0.272 e. The lowest BCUT2D eigenvalue weighted by atomic mass is 10.1. The third-order valence-electron chi connectivity index (χ3n) is 5.23. The van der Waals surface area contributed by atoms with E-state index in [4.69, 9.17) is 20.2 Å². The second kappa shape index (κ2) is 9.29. The molecular weight excluding hydrogens is 444 g/mol. The summed E-state index contributed by atoms with van der Waals surface area (Å²) in [6.45, 7) is 2.04. The maximum atomic E-state index is 6.42. The van der Waals surface area contributed by atoms with Gasteiger partial charge < -0.3 is 14.8 Å². The van der Waals surface area contributed by atoms with E-state index in [1.165, 1.54) is 16.9 Å². The summed E-state index contributed by atoms with van der Waals surface area (Å²) in [5.74, 6) is 1.95. The second-order valence-electron chi connectivity index (χ2n) is 7.70. The molecule has 34 heavy (non-hydrogen) atoms. The number of aryl methyl sites for hydroxylation is 1. The van der Waals surface area contributed by atoms with E-state index in [9.17, 15) is 0 Å². The molecule has 0 spiro atoms. The Bertz CT molecular complexity index is 1510. The maximum absolute atomic E-state index is 6.42. The standard InChI is InChI=1S/C26H22N6OS/c1-17-13-15-19(16-14-17)24-29-25(33-31-24)21-22(27)32(2)26(34-21)30-23(18-9-5-3-6-10-18)28-20-11-7-4-8-12-20/h3-16H,27H2,1-2H3. The van der Waals surface area contributed by atoms with Gasteiger partial charge in [-0.25, -0.2) is 9.98 Å². The topological polar surface area (TPSA) is 94.6 Å². The molecule has 0 fully saturated rings. The molecule has 2 N–H and O–H groups in total. The van der Waals surface area contributed by atoms with Crippen molar-refractivity contribution in [3.8, 4) is 22.2 Å². The van der Waals surface area contributed by atoms with Crippen LogP contribution in [0.2, 0.25) is 0 Å². The first-order chi connectivity index (χ1) is 16.6. The normalized spacial score (nSPS) is 12.3. The van der Waals surface area contributed by atoms with E-state index in [-0.39, 0.29) is 0 Å². The Morgan fingerprint density at radius 1 is 0.941 bits per heavy atom. The number of nitrogens with two attached hydrogens (primary N) is 1. The van der Waals surface area contributed by atoms with Crippen LogP contribution in [-0.2, 0) is 7.05 Å². The molecule has 5 aromatic rings. The van der Waals surface area contributed by atoms with Crippen LogP contribution >= 0.6 is 11.3 Å². The van der Waals surface area contributed by atoms with Crippen LogP contribution in [0.4, 0.5) is 11.5 Å². The van der Waals surface area contributed by atoms with E-state index < -0.39 is 0 Å². The van der Waals surface area contributed by atoms with E-state index in [1.54, 1.807) is 4.57 Å². The number of amidine groups is 1. The molecule has 0 unspecified atom stereocenters. The highest BCUT2D eigenvalue weighted by molar-refractivity contribution is 7.13. The smallest absolute Gasteiger partial charge is 0.272 e.